The van der Waals surface area contributed by atoms with Gasteiger partial charge in [-0.25, -0.2) is 37.8 Å². The van der Waals surface area contributed by atoms with Gasteiger partial charge < -0.3 is 39.7 Å². The van der Waals surface area contributed by atoms with Gasteiger partial charge in [-0.1, -0.05) is 0 Å². The molecule has 6 N–H and O–H groups in total. The molecule has 244 valence electrons. The van der Waals surface area contributed by atoms with E-state index in [1.807, 2.05) is 0 Å². The minimum atomic E-state index is -5.21. The molecule has 0 aliphatic carbocycles. The Morgan fingerprint density at radius 3 is 2.32 bits per heavy atom. The Morgan fingerprint density at radius 1 is 0.936 bits per heavy atom. The molecule has 7 rings (SSSR count). The number of nitrogen functional groups attached to an aromatic ring is 1. The number of alkyl halides is 1. The maximum absolute atomic E-state index is 15.9. The first-order chi connectivity index (χ1) is 21.3. The van der Waals surface area contributed by atoms with E-state index in [0.29, 0.717) is 0 Å². The van der Waals surface area contributed by atoms with Gasteiger partial charge in [0.25, 0.3) is 5.56 Å². The molecule has 10 atom stereocenters. The summed E-state index contributed by atoms with van der Waals surface area (Å²) in [6, 6.07) is 0. The van der Waals surface area contributed by atoms with E-state index in [1.54, 1.807) is 0 Å². The molecule has 0 aromatic carbocycles. The molecule has 3 aliphatic heterocycles. The van der Waals surface area contributed by atoms with Crippen molar-refractivity contribution in [3.63, 3.8) is 0 Å². The van der Waals surface area contributed by atoms with Crippen molar-refractivity contribution in [1.82, 2.24) is 34.1 Å². The summed E-state index contributed by atoms with van der Waals surface area (Å²) in [5.41, 5.74) is 4.81. The molecule has 3 saturated heterocycles. The fraction of sp³-hybridized carbons (Fsp3) is 0.476. The molecule has 0 amide bonds. The average molecular weight is 724 g/mol. The summed E-state index contributed by atoms with van der Waals surface area (Å²) in [6.07, 6.45) is -10.3. The van der Waals surface area contributed by atoms with Gasteiger partial charge in [-0.3, -0.25) is 27.5 Å². The van der Waals surface area contributed by atoms with Crippen molar-refractivity contribution in [2.75, 3.05) is 18.9 Å². The van der Waals surface area contributed by atoms with Gasteiger partial charge in [0.2, 0.25) is 0 Å². The van der Waals surface area contributed by atoms with E-state index in [4.69, 9.17) is 33.3 Å². The number of anilines is 1. The summed E-state index contributed by atoms with van der Waals surface area (Å²) < 4.78 is 90.5. The van der Waals surface area contributed by atoms with Crippen LogP contribution in [0, 0.1) is 5.82 Å². The summed E-state index contributed by atoms with van der Waals surface area (Å²) >= 11 is 0. The van der Waals surface area contributed by atoms with Gasteiger partial charge in [-0.15, -0.1) is 0 Å². The van der Waals surface area contributed by atoms with Crippen LogP contribution in [0.25, 0.3) is 22.2 Å². The summed E-state index contributed by atoms with van der Waals surface area (Å²) in [4.78, 5) is 51.3. The van der Waals surface area contributed by atoms with E-state index in [9.17, 15) is 33.2 Å². The molecule has 0 spiro atoms. The summed E-state index contributed by atoms with van der Waals surface area (Å²) in [7, 11) is -10.4. The molecule has 47 heavy (non-hydrogen) atoms. The van der Waals surface area contributed by atoms with Crippen LogP contribution < -0.4 is 11.3 Å². The topological polar surface area (TPSA) is 271 Å². The summed E-state index contributed by atoms with van der Waals surface area (Å²) in [6.45, 7) is -1.85. The number of aromatic amines is 1. The first kappa shape index (κ1) is 37.0. The Labute approximate surface area is 304 Å². The predicted molar refractivity (Wildman–Crippen MR) is 152 cm³/mol. The van der Waals surface area contributed by atoms with Crippen LogP contribution in [0.2, 0.25) is 0 Å². The number of imidazole rings is 1. The predicted octanol–water partition coefficient (Wildman–Crippen LogP) is -0.964. The third-order valence-corrected chi connectivity index (χ3v) is 9.37. The number of hydrogen-bond acceptors (Lipinski definition) is 15. The van der Waals surface area contributed by atoms with Crippen LogP contribution >= 0.6 is 15.6 Å². The number of hydrogen-bond donors (Lipinski definition) is 5. The van der Waals surface area contributed by atoms with Gasteiger partial charge in [0, 0.05) is 65.3 Å². The molecule has 4 aromatic heterocycles. The number of nitrogens with zero attached hydrogens (tertiary/aromatic N) is 6. The number of ether oxygens (including phenoxy) is 2. The average Bonchev–Trinajstić information content (AvgIpc) is 3.71. The van der Waals surface area contributed by atoms with Crippen LogP contribution in [0.4, 0.5) is 14.6 Å². The number of aliphatic hydroxyl groups is 1. The van der Waals surface area contributed by atoms with Crippen LogP contribution in [0.5, 0.6) is 0 Å². The second-order valence-corrected chi connectivity index (χ2v) is 12.9. The zero-order valence-corrected chi connectivity index (χ0v) is 30.1. The Bertz CT molecular complexity index is 1950. The standard InChI is InChI=1S/C21H22F2N8O12P2.2Na/c22-7-1-30(17-10(7)19(33)28-5-26-17)21-15-13(32)8(40-21)2-38-44(34,35)42-14-9(3-39-45(36,37)43-15)41-20(11(14)23)31-6-29-12-16(24)25-4-27-18(12)31;;/h1,4-6,8-9,11,13-15,20-21,32H,2-3H2,(H,34,35)(H,36,37)(H2,24,25,27)(H,26,28,33);;/t8-,9+,11+,13+,14+,15+,20+,21+;;/m0../s1. The van der Waals surface area contributed by atoms with Crippen molar-refractivity contribution in [1.29, 1.82) is 0 Å². The third-order valence-electron chi connectivity index (χ3n) is 7.40. The number of aliphatic hydroxyl groups excluding tert-OH is 1. The molecule has 2 unspecified atom stereocenters. The number of phosphoric ester groups is 2. The van der Waals surface area contributed by atoms with Crippen molar-refractivity contribution in [3.05, 3.63) is 41.3 Å². The number of nitrogens with two attached hydrogens (primary N) is 1. The van der Waals surface area contributed by atoms with E-state index in [-0.39, 0.29) is 81.7 Å². The van der Waals surface area contributed by atoms with Gasteiger partial charge in [0.1, 0.15) is 47.8 Å². The molecule has 3 aliphatic rings. The SMILES string of the molecule is Nc1ncnc2c1ncn2[C@@H]1O[C@@H]2COP(=O)(O)O[C@@H]3[C@H](O)[C@H](COP(=O)(O)O[C@H]2[C@H]1F)O[C@H]3n1cc(F)c2c(=O)[nH]cnc21.[Na].[Na]. The third kappa shape index (κ3) is 6.78. The normalized spacial score (nSPS) is 36.1. The molecule has 2 radical (unpaired) electrons. The number of aromatic nitrogens is 7. The molecule has 7 heterocycles. The molecule has 20 nitrogen and oxygen atoms in total. The summed E-state index contributed by atoms with van der Waals surface area (Å²) in [5.74, 6) is -1.06. The van der Waals surface area contributed by atoms with Crippen molar-refractivity contribution >= 4 is 103 Å². The molecular weight excluding hydrogens is 702 g/mol. The maximum Gasteiger partial charge on any atom is 0.472 e. The first-order valence-electron chi connectivity index (χ1n) is 12.9. The van der Waals surface area contributed by atoms with Crippen molar-refractivity contribution in [2.45, 2.75) is 49.1 Å². The smallest absolute Gasteiger partial charge is 0.387 e. The van der Waals surface area contributed by atoms with Gasteiger partial charge in [-0.2, -0.15) is 0 Å². The zero-order valence-electron chi connectivity index (χ0n) is 24.3. The Balaban J connectivity index is 0.00000217. The largest absolute Gasteiger partial charge is 0.472 e. The fourth-order valence-electron chi connectivity index (χ4n) is 5.37. The number of phosphoric acid groups is 2. The van der Waals surface area contributed by atoms with Crippen LogP contribution in [0.15, 0.2) is 30.0 Å². The second-order valence-electron chi connectivity index (χ2n) is 10.1. The zero-order chi connectivity index (χ0) is 31.8. The van der Waals surface area contributed by atoms with Crippen molar-refractivity contribution in [3.8, 4) is 0 Å². The molecule has 3 fully saturated rings. The van der Waals surface area contributed by atoms with Gasteiger partial charge in [-0.05, 0) is 0 Å². The van der Waals surface area contributed by atoms with E-state index < -0.39 is 94.8 Å². The second kappa shape index (κ2) is 13.8. The number of nitrogens with one attached hydrogen (secondary N) is 1. The van der Waals surface area contributed by atoms with Crippen LogP contribution in [-0.4, -0.2) is 158 Å². The molecule has 4 aromatic rings. The van der Waals surface area contributed by atoms with E-state index >= 15 is 4.39 Å². The minimum absolute atomic E-state index is 0. The van der Waals surface area contributed by atoms with Crippen molar-refractivity contribution in [2.24, 2.45) is 0 Å². The minimum Gasteiger partial charge on any atom is -0.387 e. The molecule has 26 heteroatoms. The number of rotatable bonds is 2. The van der Waals surface area contributed by atoms with Crippen molar-refractivity contribution < 1.29 is 60.4 Å². The Hall–Kier alpha value is -1.27. The molecule has 2 bridgehead atoms. The van der Waals surface area contributed by atoms with Crippen LogP contribution in [-0.2, 0) is 36.7 Å². The van der Waals surface area contributed by atoms with Gasteiger partial charge in [0.05, 0.1) is 25.9 Å². The fourth-order valence-corrected chi connectivity index (χ4v) is 7.26. The number of fused-ring (bicyclic) bond motifs is 5. The van der Waals surface area contributed by atoms with E-state index in [0.717, 1.165) is 34.3 Å². The molecule has 0 saturated carbocycles. The number of halogens is 2. The van der Waals surface area contributed by atoms with Gasteiger partial charge >= 0.3 is 15.6 Å². The summed E-state index contributed by atoms with van der Waals surface area (Å²) in [5, 5.41) is 10.5. The van der Waals surface area contributed by atoms with Crippen LogP contribution in [0.3, 0.4) is 0 Å². The maximum atomic E-state index is 15.9. The van der Waals surface area contributed by atoms with E-state index in [1.165, 1.54) is 0 Å². The van der Waals surface area contributed by atoms with E-state index in [2.05, 4.69) is 24.9 Å². The monoisotopic (exact) mass is 724 g/mol. The van der Waals surface area contributed by atoms with Gasteiger partial charge in [0.15, 0.2) is 41.6 Å². The first-order valence-corrected chi connectivity index (χ1v) is 15.9. The molecular formula is C21H22F2N8Na2O12P2. The Kier molecular flexibility index (Phi) is 10.9. The quantitative estimate of drug-likeness (QED) is 0.123. The number of H-pyrrole nitrogens is 1. The van der Waals surface area contributed by atoms with Crippen LogP contribution in [0.1, 0.15) is 12.5 Å². The Morgan fingerprint density at radius 2 is 1.60 bits per heavy atom.